The van der Waals surface area contributed by atoms with Gasteiger partial charge in [0.05, 0.1) is 5.69 Å². The number of benzene rings is 2. The monoisotopic (exact) mass is 357 g/mol. The third-order valence-electron chi connectivity index (χ3n) is 2.75. The van der Waals surface area contributed by atoms with Gasteiger partial charge in [0.15, 0.2) is 0 Å². The molecule has 0 unspecified atom stereocenters. The van der Waals surface area contributed by atoms with Gasteiger partial charge in [0.2, 0.25) is 0 Å². The SMILES string of the molecule is Cc1ccc(NS(=O)(=O)c2cc(C)ccc2F)c(Br)c1. The van der Waals surface area contributed by atoms with E-state index in [-0.39, 0.29) is 4.90 Å². The van der Waals surface area contributed by atoms with Crippen LogP contribution in [0.15, 0.2) is 45.8 Å². The van der Waals surface area contributed by atoms with Crippen molar-refractivity contribution in [3.8, 4) is 0 Å². The number of hydrogen-bond donors (Lipinski definition) is 1. The number of anilines is 1. The van der Waals surface area contributed by atoms with Crippen LogP contribution < -0.4 is 4.72 Å². The Labute approximate surface area is 126 Å². The van der Waals surface area contributed by atoms with E-state index in [1.165, 1.54) is 12.1 Å². The van der Waals surface area contributed by atoms with Crippen molar-refractivity contribution in [2.75, 3.05) is 4.72 Å². The van der Waals surface area contributed by atoms with E-state index in [2.05, 4.69) is 20.7 Å². The Kier molecular flexibility index (Phi) is 4.15. The number of aryl methyl sites for hydroxylation is 2. The van der Waals surface area contributed by atoms with Crippen molar-refractivity contribution >= 4 is 31.6 Å². The summed E-state index contributed by atoms with van der Waals surface area (Å²) in [7, 11) is -3.96. The maximum Gasteiger partial charge on any atom is 0.264 e. The molecule has 0 aliphatic heterocycles. The summed E-state index contributed by atoms with van der Waals surface area (Å²) in [6, 6.07) is 9.16. The molecule has 0 aliphatic carbocycles. The second-order valence-electron chi connectivity index (χ2n) is 4.52. The molecule has 2 rings (SSSR count). The number of rotatable bonds is 3. The number of sulfonamides is 1. The number of hydrogen-bond acceptors (Lipinski definition) is 2. The highest BCUT2D eigenvalue weighted by Crippen LogP contribution is 2.27. The molecule has 20 heavy (non-hydrogen) atoms. The van der Waals surface area contributed by atoms with Crippen LogP contribution in [0.2, 0.25) is 0 Å². The molecular weight excluding hydrogens is 345 g/mol. The summed E-state index contributed by atoms with van der Waals surface area (Å²) >= 11 is 3.28. The second-order valence-corrected chi connectivity index (χ2v) is 7.03. The van der Waals surface area contributed by atoms with Gasteiger partial charge < -0.3 is 0 Å². The third-order valence-corrected chi connectivity index (χ3v) is 4.78. The maximum atomic E-state index is 13.7. The van der Waals surface area contributed by atoms with Gasteiger partial charge in [-0.05, 0) is 65.2 Å². The number of halogens is 2. The molecular formula is C14H13BrFNO2S. The van der Waals surface area contributed by atoms with Crippen molar-refractivity contribution in [2.24, 2.45) is 0 Å². The molecule has 3 nitrogen and oxygen atoms in total. The second kappa shape index (κ2) is 5.54. The van der Waals surface area contributed by atoms with E-state index in [9.17, 15) is 12.8 Å². The quantitative estimate of drug-likeness (QED) is 0.901. The van der Waals surface area contributed by atoms with Gasteiger partial charge in [-0.25, -0.2) is 12.8 Å². The Hall–Kier alpha value is -1.40. The molecule has 106 valence electrons. The third kappa shape index (κ3) is 3.19. The first-order valence-electron chi connectivity index (χ1n) is 5.85. The first kappa shape index (κ1) is 15.0. The Morgan fingerprint density at radius 2 is 1.65 bits per heavy atom. The normalized spacial score (nSPS) is 11.4. The minimum atomic E-state index is -3.96. The molecule has 0 amide bonds. The largest absolute Gasteiger partial charge is 0.278 e. The lowest BCUT2D eigenvalue weighted by atomic mass is 10.2. The lowest BCUT2D eigenvalue weighted by Gasteiger charge is -2.11. The van der Waals surface area contributed by atoms with Gasteiger partial charge in [-0.2, -0.15) is 0 Å². The van der Waals surface area contributed by atoms with E-state index >= 15 is 0 Å². The van der Waals surface area contributed by atoms with Crippen LogP contribution in [0.5, 0.6) is 0 Å². The average Bonchev–Trinajstić information content (AvgIpc) is 2.35. The van der Waals surface area contributed by atoms with Crippen molar-refractivity contribution in [3.05, 3.63) is 57.8 Å². The molecule has 0 saturated heterocycles. The molecule has 0 spiro atoms. The molecule has 0 aromatic heterocycles. The van der Waals surface area contributed by atoms with Gasteiger partial charge in [-0.1, -0.05) is 12.1 Å². The predicted molar refractivity (Wildman–Crippen MR) is 80.8 cm³/mol. The van der Waals surface area contributed by atoms with Crippen molar-refractivity contribution < 1.29 is 12.8 Å². The zero-order chi connectivity index (χ0) is 14.9. The summed E-state index contributed by atoms with van der Waals surface area (Å²) in [5.74, 6) is -0.772. The Morgan fingerprint density at radius 3 is 2.30 bits per heavy atom. The van der Waals surface area contributed by atoms with Crippen molar-refractivity contribution in [1.82, 2.24) is 0 Å². The van der Waals surface area contributed by atoms with Gasteiger partial charge in [-0.15, -0.1) is 0 Å². The van der Waals surface area contributed by atoms with Crippen LogP contribution >= 0.6 is 15.9 Å². The molecule has 0 bridgehead atoms. The molecule has 1 N–H and O–H groups in total. The summed E-state index contributed by atoms with van der Waals surface area (Å²) in [4.78, 5) is -0.357. The highest BCUT2D eigenvalue weighted by atomic mass is 79.9. The van der Waals surface area contributed by atoms with Crippen molar-refractivity contribution in [2.45, 2.75) is 18.7 Å². The van der Waals surface area contributed by atoms with Crippen LogP contribution in [0.1, 0.15) is 11.1 Å². The zero-order valence-electron chi connectivity index (χ0n) is 10.9. The van der Waals surface area contributed by atoms with Gasteiger partial charge in [-0.3, -0.25) is 4.72 Å². The van der Waals surface area contributed by atoms with Crippen LogP contribution in [0.25, 0.3) is 0 Å². The Morgan fingerprint density at radius 1 is 1.05 bits per heavy atom. The van der Waals surface area contributed by atoms with Gasteiger partial charge >= 0.3 is 0 Å². The minimum Gasteiger partial charge on any atom is -0.278 e. The smallest absolute Gasteiger partial charge is 0.264 e. The van der Waals surface area contributed by atoms with Gasteiger partial charge in [0.25, 0.3) is 10.0 Å². The lowest BCUT2D eigenvalue weighted by Crippen LogP contribution is -2.15. The van der Waals surface area contributed by atoms with Crippen molar-refractivity contribution in [1.29, 1.82) is 0 Å². The van der Waals surface area contributed by atoms with Crippen molar-refractivity contribution in [3.63, 3.8) is 0 Å². The molecule has 6 heteroatoms. The van der Waals surface area contributed by atoms with Gasteiger partial charge in [0.1, 0.15) is 10.7 Å². The summed E-state index contributed by atoms with van der Waals surface area (Å²) < 4.78 is 41.2. The van der Waals surface area contributed by atoms with Crippen LogP contribution in [-0.4, -0.2) is 8.42 Å². The van der Waals surface area contributed by atoms with E-state index in [4.69, 9.17) is 0 Å². The fourth-order valence-electron chi connectivity index (χ4n) is 1.72. The summed E-state index contributed by atoms with van der Waals surface area (Å²) in [6.07, 6.45) is 0. The Balaban J connectivity index is 2.43. The topological polar surface area (TPSA) is 46.2 Å². The molecule has 2 aromatic carbocycles. The molecule has 0 atom stereocenters. The fourth-order valence-corrected chi connectivity index (χ4v) is 3.69. The number of nitrogens with one attached hydrogen (secondary N) is 1. The lowest BCUT2D eigenvalue weighted by molar-refractivity contribution is 0.570. The Bertz CT molecular complexity index is 760. The van der Waals surface area contributed by atoms with Crippen LogP contribution in [-0.2, 0) is 10.0 Å². The van der Waals surface area contributed by atoms with E-state index in [0.29, 0.717) is 15.7 Å². The maximum absolute atomic E-state index is 13.7. The van der Waals surface area contributed by atoms with Crippen LogP contribution in [0, 0.1) is 19.7 Å². The average molecular weight is 358 g/mol. The van der Waals surface area contributed by atoms with E-state index in [1.54, 1.807) is 25.1 Å². The highest BCUT2D eigenvalue weighted by molar-refractivity contribution is 9.10. The first-order valence-corrected chi connectivity index (χ1v) is 8.12. The molecule has 2 aromatic rings. The minimum absolute atomic E-state index is 0.357. The molecule has 0 radical (unpaired) electrons. The van der Waals surface area contributed by atoms with E-state index in [0.717, 1.165) is 11.6 Å². The van der Waals surface area contributed by atoms with E-state index < -0.39 is 15.8 Å². The van der Waals surface area contributed by atoms with Crippen LogP contribution in [0.3, 0.4) is 0 Å². The summed E-state index contributed by atoms with van der Waals surface area (Å²) in [6.45, 7) is 3.60. The highest BCUT2D eigenvalue weighted by Gasteiger charge is 2.20. The predicted octanol–water partition coefficient (Wildman–Crippen LogP) is 4.01. The van der Waals surface area contributed by atoms with Crippen LogP contribution in [0.4, 0.5) is 10.1 Å². The van der Waals surface area contributed by atoms with E-state index in [1.807, 2.05) is 6.92 Å². The zero-order valence-corrected chi connectivity index (χ0v) is 13.3. The van der Waals surface area contributed by atoms with Gasteiger partial charge in [0, 0.05) is 4.47 Å². The summed E-state index contributed by atoms with van der Waals surface area (Å²) in [5, 5.41) is 0. The summed E-state index contributed by atoms with van der Waals surface area (Å²) in [5.41, 5.74) is 2.04. The first-order chi connectivity index (χ1) is 9.29. The molecule has 0 fully saturated rings. The molecule has 0 saturated carbocycles. The standard InChI is InChI=1S/C14H13BrFNO2S/c1-9-4-6-13(11(15)7-9)17-20(18,19)14-8-10(2)3-5-12(14)16/h3-8,17H,1-2H3. The molecule has 0 aliphatic rings. The molecule has 0 heterocycles. The fraction of sp³-hybridized carbons (Fsp3) is 0.143.